The van der Waals surface area contributed by atoms with Gasteiger partial charge in [0.15, 0.2) is 0 Å². The predicted octanol–water partition coefficient (Wildman–Crippen LogP) is 2.47. The Morgan fingerprint density at radius 3 is 2.85 bits per heavy atom. The summed E-state index contributed by atoms with van der Waals surface area (Å²) in [6.45, 7) is 2.14. The second-order valence-electron chi connectivity index (χ2n) is 4.13. The summed E-state index contributed by atoms with van der Waals surface area (Å²) in [6, 6.07) is 4.38. The number of aryl methyl sites for hydroxylation is 1. The molecule has 0 fully saturated rings. The van der Waals surface area contributed by atoms with Crippen LogP contribution in [0.2, 0.25) is 0 Å². The second kappa shape index (κ2) is 6.16. The van der Waals surface area contributed by atoms with Crippen molar-refractivity contribution >= 4 is 29.0 Å². The number of anilines is 1. The lowest BCUT2D eigenvalue weighted by Crippen LogP contribution is -2.28. The Hall–Kier alpha value is -2.41. The van der Waals surface area contributed by atoms with Gasteiger partial charge >= 0.3 is 12.0 Å². The van der Waals surface area contributed by atoms with Gasteiger partial charge in [0.2, 0.25) is 0 Å². The van der Waals surface area contributed by atoms with E-state index in [0.29, 0.717) is 6.54 Å². The molecule has 0 atom stereocenters. The first-order valence-electron chi connectivity index (χ1n) is 5.82. The van der Waals surface area contributed by atoms with Crippen molar-refractivity contribution in [2.24, 2.45) is 0 Å². The summed E-state index contributed by atoms with van der Waals surface area (Å²) in [5.74, 6) is -1.08. The highest BCUT2D eigenvalue weighted by atomic mass is 32.1. The Morgan fingerprint density at radius 1 is 1.40 bits per heavy atom. The Morgan fingerprint density at radius 2 is 2.20 bits per heavy atom. The van der Waals surface area contributed by atoms with Crippen LogP contribution in [0.15, 0.2) is 29.9 Å². The van der Waals surface area contributed by atoms with E-state index in [0.717, 1.165) is 10.4 Å². The van der Waals surface area contributed by atoms with Gasteiger partial charge in [0.05, 0.1) is 23.3 Å². The van der Waals surface area contributed by atoms with E-state index >= 15 is 0 Å². The quantitative estimate of drug-likeness (QED) is 0.807. The van der Waals surface area contributed by atoms with E-state index in [1.165, 1.54) is 17.4 Å². The topological polar surface area (TPSA) is 91.3 Å². The number of carboxylic acid groups (broad SMARTS) is 1. The summed E-state index contributed by atoms with van der Waals surface area (Å²) in [5, 5.41) is 14.3. The van der Waals surface area contributed by atoms with Gasteiger partial charge in [-0.05, 0) is 19.1 Å². The van der Waals surface area contributed by atoms with E-state index in [1.807, 2.05) is 0 Å². The van der Waals surface area contributed by atoms with E-state index in [1.54, 1.807) is 30.8 Å². The lowest BCUT2D eigenvalue weighted by atomic mass is 10.1. The Balaban J connectivity index is 2.02. The molecule has 2 aromatic rings. The molecule has 3 N–H and O–H groups in total. The maximum atomic E-state index is 11.7. The van der Waals surface area contributed by atoms with E-state index in [-0.39, 0.29) is 11.3 Å². The van der Waals surface area contributed by atoms with Crippen molar-refractivity contribution in [1.82, 2.24) is 10.3 Å². The van der Waals surface area contributed by atoms with Gasteiger partial charge < -0.3 is 15.7 Å². The normalized spacial score (nSPS) is 10.1. The van der Waals surface area contributed by atoms with Gasteiger partial charge in [-0.2, -0.15) is 0 Å². The number of benzene rings is 1. The molecule has 0 aliphatic rings. The molecule has 6 nitrogen and oxygen atoms in total. The molecule has 0 saturated heterocycles. The third-order valence-corrected chi connectivity index (χ3v) is 3.34. The summed E-state index contributed by atoms with van der Waals surface area (Å²) >= 11 is 1.43. The van der Waals surface area contributed by atoms with Crippen LogP contribution in [0.1, 0.15) is 20.8 Å². The van der Waals surface area contributed by atoms with Crippen molar-refractivity contribution in [3.05, 3.63) is 45.9 Å². The molecule has 2 rings (SSSR count). The molecule has 0 unspecified atom stereocenters. The monoisotopic (exact) mass is 291 g/mol. The van der Waals surface area contributed by atoms with Crippen molar-refractivity contribution in [3.63, 3.8) is 0 Å². The van der Waals surface area contributed by atoms with Gasteiger partial charge in [-0.1, -0.05) is 11.6 Å². The molecule has 0 spiro atoms. The molecule has 2 amide bonds. The average molecular weight is 291 g/mol. The zero-order valence-electron chi connectivity index (χ0n) is 10.7. The average Bonchev–Trinajstić information content (AvgIpc) is 2.91. The number of aromatic carboxylic acids is 1. The van der Waals surface area contributed by atoms with Crippen molar-refractivity contribution in [3.8, 4) is 0 Å². The number of nitrogens with one attached hydrogen (secondary N) is 2. The number of urea groups is 1. The molecule has 7 heteroatoms. The van der Waals surface area contributed by atoms with Gasteiger partial charge in [-0.15, -0.1) is 11.3 Å². The van der Waals surface area contributed by atoms with Crippen LogP contribution in [0, 0.1) is 6.92 Å². The number of hydrogen-bond acceptors (Lipinski definition) is 4. The molecule has 1 heterocycles. The Labute approximate surface area is 119 Å². The highest BCUT2D eigenvalue weighted by Gasteiger charge is 2.12. The zero-order valence-corrected chi connectivity index (χ0v) is 11.5. The number of nitrogens with zero attached hydrogens (tertiary/aromatic N) is 1. The third-order valence-electron chi connectivity index (χ3n) is 2.56. The van der Waals surface area contributed by atoms with Crippen LogP contribution >= 0.6 is 11.3 Å². The van der Waals surface area contributed by atoms with Crippen molar-refractivity contribution in [2.75, 3.05) is 5.32 Å². The van der Waals surface area contributed by atoms with Gasteiger partial charge in [-0.25, -0.2) is 9.59 Å². The molecule has 0 aliphatic heterocycles. The number of thiazole rings is 1. The van der Waals surface area contributed by atoms with Crippen molar-refractivity contribution in [2.45, 2.75) is 13.5 Å². The third kappa shape index (κ3) is 3.55. The molecule has 1 aromatic carbocycles. The number of hydrogen-bond donors (Lipinski definition) is 3. The molecule has 20 heavy (non-hydrogen) atoms. The summed E-state index contributed by atoms with van der Waals surface area (Å²) < 4.78 is 0. The lowest BCUT2D eigenvalue weighted by molar-refractivity contribution is 0.0698. The second-order valence-corrected chi connectivity index (χ2v) is 5.10. The van der Waals surface area contributed by atoms with Crippen LogP contribution < -0.4 is 10.6 Å². The summed E-state index contributed by atoms with van der Waals surface area (Å²) in [7, 11) is 0. The highest BCUT2D eigenvalue weighted by Crippen LogP contribution is 2.17. The molecular formula is C13H13N3O3S. The number of rotatable bonds is 4. The first-order valence-corrected chi connectivity index (χ1v) is 6.70. The molecular weight excluding hydrogens is 278 g/mol. The maximum absolute atomic E-state index is 11.7. The highest BCUT2D eigenvalue weighted by molar-refractivity contribution is 7.09. The largest absolute Gasteiger partial charge is 0.478 e. The molecule has 1 aromatic heterocycles. The molecule has 0 aliphatic carbocycles. The van der Waals surface area contributed by atoms with E-state index in [2.05, 4.69) is 15.6 Å². The van der Waals surface area contributed by atoms with E-state index < -0.39 is 12.0 Å². The fourth-order valence-corrected chi connectivity index (χ4v) is 2.14. The minimum atomic E-state index is -1.08. The lowest BCUT2D eigenvalue weighted by Gasteiger charge is -2.10. The van der Waals surface area contributed by atoms with Gasteiger partial charge in [-0.3, -0.25) is 4.98 Å². The fraction of sp³-hybridized carbons (Fsp3) is 0.154. The van der Waals surface area contributed by atoms with Gasteiger partial charge in [0.1, 0.15) is 0 Å². The minimum Gasteiger partial charge on any atom is -0.478 e. The molecule has 104 valence electrons. The molecule has 0 bridgehead atoms. The Kier molecular flexibility index (Phi) is 4.31. The van der Waals surface area contributed by atoms with E-state index in [9.17, 15) is 9.59 Å². The fourth-order valence-electron chi connectivity index (χ4n) is 1.61. The predicted molar refractivity (Wildman–Crippen MR) is 76.1 cm³/mol. The van der Waals surface area contributed by atoms with Crippen LogP contribution in [0.25, 0.3) is 0 Å². The number of carboxylic acids is 1. The van der Waals surface area contributed by atoms with Crippen LogP contribution in [-0.2, 0) is 6.54 Å². The first kappa shape index (κ1) is 14.0. The SMILES string of the molecule is Cc1ccc(NC(=O)NCc2cncs2)c(C(=O)O)c1. The van der Waals surface area contributed by atoms with Crippen LogP contribution in [0.4, 0.5) is 10.5 Å². The number of carbonyl (C=O) groups is 2. The number of carbonyl (C=O) groups excluding carboxylic acids is 1. The smallest absolute Gasteiger partial charge is 0.337 e. The first-order chi connectivity index (χ1) is 9.56. The van der Waals surface area contributed by atoms with Crippen LogP contribution in [0.3, 0.4) is 0 Å². The van der Waals surface area contributed by atoms with E-state index in [4.69, 9.17) is 5.11 Å². The van der Waals surface area contributed by atoms with Gasteiger partial charge in [0, 0.05) is 11.1 Å². The summed E-state index contributed by atoms with van der Waals surface area (Å²) in [6.07, 6.45) is 1.67. The van der Waals surface area contributed by atoms with Crippen LogP contribution in [0.5, 0.6) is 0 Å². The summed E-state index contributed by atoms with van der Waals surface area (Å²) in [5.41, 5.74) is 2.83. The van der Waals surface area contributed by atoms with Crippen LogP contribution in [-0.4, -0.2) is 22.1 Å². The standard InChI is InChI=1S/C13H13N3O3S/c1-8-2-3-11(10(4-8)12(17)18)16-13(19)15-6-9-5-14-7-20-9/h2-5,7H,6H2,1H3,(H,17,18)(H2,15,16,19). The zero-order chi connectivity index (χ0) is 14.5. The number of aromatic nitrogens is 1. The van der Waals surface area contributed by atoms with Crippen molar-refractivity contribution < 1.29 is 14.7 Å². The minimum absolute atomic E-state index is 0.0675. The molecule has 0 radical (unpaired) electrons. The van der Waals surface area contributed by atoms with Crippen molar-refractivity contribution in [1.29, 1.82) is 0 Å². The maximum Gasteiger partial charge on any atom is 0.337 e. The number of amides is 2. The summed E-state index contributed by atoms with van der Waals surface area (Å²) in [4.78, 5) is 27.7. The van der Waals surface area contributed by atoms with Gasteiger partial charge in [0.25, 0.3) is 0 Å². The Bertz CT molecular complexity index is 626. The molecule has 0 saturated carbocycles.